The molecule has 1 N–H and O–H groups in total. The zero-order chi connectivity index (χ0) is 20.3. The van der Waals surface area contributed by atoms with Crippen molar-refractivity contribution in [2.45, 2.75) is 36.7 Å². The van der Waals surface area contributed by atoms with Gasteiger partial charge in [0.15, 0.2) is 6.10 Å². The monoisotopic (exact) mass is 412 g/mol. The van der Waals surface area contributed by atoms with Crippen molar-refractivity contribution in [2.24, 2.45) is 0 Å². The van der Waals surface area contributed by atoms with Gasteiger partial charge in [0.2, 0.25) is 0 Å². The molecular weight excluding hydrogens is 388 g/mol. The number of hydrogen-bond acceptors (Lipinski definition) is 4. The number of allylic oxidation sites excluding steroid dienone is 1. The van der Waals surface area contributed by atoms with Crippen molar-refractivity contribution in [2.75, 3.05) is 17.4 Å². The highest BCUT2D eigenvalue weighted by molar-refractivity contribution is 7.92. The molecule has 6 nitrogen and oxygen atoms in total. The van der Waals surface area contributed by atoms with Crippen LogP contribution in [0.1, 0.15) is 25.7 Å². The van der Waals surface area contributed by atoms with E-state index >= 15 is 0 Å². The number of nitrogens with one attached hydrogen (secondary N) is 1. The van der Waals surface area contributed by atoms with Crippen LogP contribution in [0.3, 0.4) is 0 Å². The van der Waals surface area contributed by atoms with Gasteiger partial charge in [-0.3, -0.25) is 9.10 Å². The Hall–Kier alpha value is -2.80. The Labute approximate surface area is 171 Å². The van der Waals surface area contributed by atoms with Crippen molar-refractivity contribution in [3.8, 4) is 5.75 Å². The number of hydrogen-bond donors (Lipinski definition) is 1. The Morgan fingerprint density at radius 3 is 2.59 bits per heavy atom. The minimum atomic E-state index is -3.82. The Bertz CT molecular complexity index is 1020. The lowest BCUT2D eigenvalue weighted by Crippen LogP contribution is -2.51. The summed E-state index contributed by atoms with van der Waals surface area (Å²) in [7, 11) is -3.82. The number of ether oxygens (including phenoxy) is 1. The fourth-order valence-electron chi connectivity index (χ4n) is 3.67. The van der Waals surface area contributed by atoms with Crippen LogP contribution in [0, 0.1) is 0 Å². The fourth-order valence-corrected chi connectivity index (χ4v) is 5.16. The van der Waals surface area contributed by atoms with Gasteiger partial charge in [-0.1, -0.05) is 42.0 Å². The van der Waals surface area contributed by atoms with Crippen molar-refractivity contribution in [1.82, 2.24) is 5.32 Å². The first-order valence-electron chi connectivity index (χ1n) is 9.85. The second-order valence-corrected chi connectivity index (χ2v) is 9.11. The SMILES string of the molecule is O=C(NCC1=CCCCC1)[C@H]1CN(S(=O)(=O)c2ccccc2)c2ccccc2O1. The molecule has 0 fully saturated rings. The average molecular weight is 413 g/mol. The molecule has 2 aromatic carbocycles. The molecular formula is C22H24N2O4S. The molecule has 1 heterocycles. The minimum Gasteiger partial charge on any atom is -0.476 e. The summed E-state index contributed by atoms with van der Waals surface area (Å²) in [6.07, 6.45) is 5.62. The second-order valence-electron chi connectivity index (χ2n) is 7.25. The summed E-state index contributed by atoms with van der Waals surface area (Å²) in [5, 5.41) is 2.91. The first kappa shape index (κ1) is 19.5. The highest BCUT2D eigenvalue weighted by Gasteiger charge is 2.37. The van der Waals surface area contributed by atoms with E-state index in [1.807, 2.05) is 0 Å². The van der Waals surface area contributed by atoms with Gasteiger partial charge in [-0.25, -0.2) is 8.42 Å². The van der Waals surface area contributed by atoms with Crippen molar-refractivity contribution in [3.63, 3.8) is 0 Å². The third-order valence-electron chi connectivity index (χ3n) is 5.23. The average Bonchev–Trinajstić information content (AvgIpc) is 2.78. The van der Waals surface area contributed by atoms with Gasteiger partial charge in [-0.05, 0) is 49.9 Å². The van der Waals surface area contributed by atoms with Gasteiger partial charge in [0, 0.05) is 6.54 Å². The number of sulfonamides is 1. The van der Waals surface area contributed by atoms with E-state index < -0.39 is 16.1 Å². The zero-order valence-corrected chi connectivity index (χ0v) is 16.9. The quantitative estimate of drug-likeness (QED) is 0.765. The van der Waals surface area contributed by atoms with Crippen LogP contribution in [0.2, 0.25) is 0 Å². The Morgan fingerprint density at radius 1 is 1.07 bits per heavy atom. The number of nitrogens with zero attached hydrogens (tertiary/aromatic N) is 1. The molecule has 1 aliphatic carbocycles. The van der Waals surface area contributed by atoms with Gasteiger partial charge < -0.3 is 10.1 Å². The maximum atomic E-state index is 13.3. The second kappa shape index (κ2) is 8.29. The molecule has 0 aromatic heterocycles. The molecule has 0 radical (unpaired) electrons. The highest BCUT2D eigenvalue weighted by atomic mass is 32.2. The van der Waals surface area contributed by atoms with Crippen LogP contribution >= 0.6 is 0 Å². The minimum absolute atomic E-state index is 0.0703. The molecule has 2 aliphatic rings. The topological polar surface area (TPSA) is 75.7 Å². The summed E-state index contributed by atoms with van der Waals surface area (Å²) in [5.41, 5.74) is 1.66. The van der Waals surface area contributed by atoms with Crippen LogP contribution in [0.5, 0.6) is 5.75 Å². The third kappa shape index (κ3) is 4.15. The van der Waals surface area contributed by atoms with Crippen LogP contribution < -0.4 is 14.4 Å². The summed E-state index contributed by atoms with van der Waals surface area (Å²) < 4.78 is 33.6. The van der Waals surface area contributed by atoms with Crippen LogP contribution in [-0.2, 0) is 14.8 Å². The van der Waals surface area contributed by atoms with Gasteiger partial charge in [0.05, 0.1) is 17.1 Å². The van der Waals surface area contributed by atoms with Crippen LogP contribution in [-0.4, -0.2) is 33.5 Å². The number of fused-ring (bicyclic) bond motifs is 1. The van der Waals surface area contributed by atoms with E-state index in [4.69, 9.17) is 4.74 Å². The first-order valence-corrected chi connectivity index (χ1v) is 11.3. The Kier molecular flexibility index (Phi) is 5.58. The van der Waals surface area contributed by atoms with Gasteiger partial charge in [-0.2, -0.15) is 0 Å². The van der Waals surface area contributed by atoms with E-state index in [9.17, 15) is 13.2 Å². The summed E-state index contributed by atoms with van der Waals surface area (Å²) in [6.45, 7) is 0.408. The number of carbonyl (C=O) groups is 1. The molecule has 7 heteroatoms. The third-order valence-corrected chi connectivity index (χ3v) is 7.03. The highest BCUT2D eigenvalue weighted by Crippen LogP contribution is 2.36. The lowest BCUT2D eigenvalue weighted by atomic mass is 10.00. The Balaban J connectivity index is 1.57. The van der Waals surface area contributed by atoms with E-state index in [1.165, 1.54) is 16.3 Å². The number of para-hydroxylation sites is 2. The van der Waals surface area contributed by atoms with Crippen molar-refractivity contribution < 1.29 is 17.9 Å². The van der Waals surface area contributed by atoms with E-state index in [0.717, 1.165) is 19.3 Å². The number of amides is 1. The molecule has 2 aromatic rings. The molecule has 152 valence electrons. The molecule has 0 unspecified atom stereocenters. The van der Waals surface area contributed by atoms with Crippen LogP contribution in [0.25, 0.3) is 0 Å². The number of rotatable bonds is 5. The van der Waals surface area contributed by atoms with Crippen molar-refractivity contribution in [3.05, 3.63) is 66.2 Å². The zero-order valence-electron chi connectivity index (χ0n) is 16.1. The van der Waals surface area contributed by atoms with Gasteiger partial charge in [0.25, 0.3) is 15.9 Å². The maximum Gasteiger partial charge on any atom is 0.264 e. The van der Waals surface area contributed by atoms with Gasteiger partial charge in [-0.15, -0.1) is 0 Å². The predicted molar refractivity (Wildman–Crippen MR) is 111 cm³/mol. The summed E-state index contributed by atoms with van der Waals surface area (Å²) >= 11 is 0. The molecule has 1 atom stereocenters. The summed E-state index contributed by atoms with van der Waals surface area (Å²) in [4.78, 5) is 13.0. The van der Waals surface area contributed by atoms with Crippen LogP contribution in [0.15, 0.2) is 71.1 Å². The molecule has 0 bridgehead atoms. The van der Waals surface area contributed by atoms with E-state index in [0.29, 0.717) is 18.0 Å². The van der Waals surface area contributed by atoms with E-state index in [2.05, 4.69) is 11.4 Å². The smallest absolute Gasteiger partial charge is 0.264 e. The number of carbonyl (C=O) groups excluding carboxylic acids is 1. The molecule has 0 saturated carbocycles. The van der Waals surface area contributed by atoms with E-state index in [-0.39, 0.29) is 17.3 Å². The number of benzene rings is 2. The van der Waals surface area contributed by atoms with Crippen LogP contribution in [0.4, 0.5) is 5.69 Å². The Morgan fingerprint density at radius 2 is 1.83 bits per heavy atom. The lowest BCUT2D eigenvalue weighted by Gasteiger charge is -2.34. The maximum absolute atomic E-state index is 13.3. The molecule has 0 saturated heterocycles. The fraction of sp³-hybridized carbons (Fsp3) is 0.318. The largest absolute Gasteiger partial charge is 0.476 e. The summed E-state index contributed by atoms with van der Waals surface area (Å²) in [6, 6.07) is 15.1. The van der Waals surface area contributed by atoms with Crippen molar-refractivity contribution >= 4 is 21.6 Å². The van der Waals surface area contributed by atoms with Crippen molar-refractivity contribution in [1.29, 1.82) is 0 Å². The van der Waals surface area contributed by atoms with E-state index in [1.54, 1.807) is 54.6 Å². The summed E-state index contributed by atoms with van der Waals surface area (Å²) in [5.74, 6) is 0.0783. The van der Waals surface area contributed by atoms with Gasteiger partial charge >= 0.3 is 0 Å². The number of anilines is 1. The molecule has 4 rings (SSSR count). The normalized spacial score (nSPS) is 19.0. The molecule has 1 amide bonds. The first-order chi connectivity index (χ1) is 14.1. The molecule has 1 aliphatic heterocycles. The predicted octanol–water partition coefficient (Wildman–Crippen LogP) is 3.26. The standard InChI is InChI=1S/C22H24N2O4S/c25-22(23-15-17-9-3-1-4-10-17)21-16-24(19-13-7-8-14-20(19)28-21)29(26,27)18-11-5-2-6-12-18/h2,5-9,11-14,21H,1,3-4,10,15-16H2,(H,23,25)/t21-/m1/s1. The molecule has 0 spiro atoms. The molecule has 29 heavy (non-hydrogen) atoms. The lowest BCUT2D eigenvalue weighted by molar-refractivity contribution is -0.127. The van der Waals surface area contributed by atoms with Gasteiger partial charge in [0.1, 0.15) is 5.75 Å².